The van der Waals surface area contributed by atoms with Gasteiger partial charge < -0.3 is 5.32 Å². The summed E-state index contributed by atoms with van der Waals surface area (Å²) in [7, 11) is -6.92. The highest BCUT2D eigenvalue weighted by Crippen LogP contribution is 2.08. The first kappa shape index (κ1) is 12.8. The number of hydrogen-bond donors (Lipinski definition) is 2. The smallest absolute Gasteiger partial charge is 0.283 e. The average Bonchev–Trinajstić information content (AvgIpc) is 1.98. The van der Waals surface area contributed by atoms with Crippen LogP contribution in [0.3, 0.4) is 0 Å². The molecule has 0 rings (SSSR count). The van der Waals surface area contributed by atoms with Crippen molar-refractivity contribution in [2.24, 2.45) is 0 Å². The lowest BCUT2D eigenvalue weighted by Crippen LogP contribution is -2.39. The highest BCUT2D eigenvalue weighted by molar-refractivity contribution is 8.06. The Kier molecular flexibility index (Phi) is 4.30. The van der Waals surface area contributed by atoms with Crippen molar-refractivity contribution in [3.8, 4) is 0 Å². The van der Waals surface area contributed by atoms with Gasteiger partial charge in [-0.2, -0.15) is 8.42 Å². The van der Waals surface area contributed by atoms with E-state index in [1.807, 2.05) is 0 Å². The zero-order valence-electron chi connectivity index (χ0n) is 7.39. The van der Waals surface area contributed by atoms with Gasteiger partial charge in [-0.3, -0.25) is 4.55 Å². The molecule has 8 heteroatoms. The maximum absolute atomic E-state index is 11.2. The minimum Gasteiger partial charge on any atom is -0.317 e. The van der Waals surface area contributed by atoms with Crippen LogP contribution in [-0.4, -0.2) is 45.3 Å². The minimum atomic E-state index is -4.55. The van der Waals surface area contributed by atoms with Crippen molar-refractivity contribution in [3.05, 3.63) is 0 Å². The molecule has 0 aromatic heterocycles. The normalized spacial score (nSPS) is 15.6. The predicted molar refractivity (Wildman–Crippen MR) is 48.7 cm³/mol. The lowest BCUT2D eigenvalue weighted by atomic mass is 10.7. The molecule has 0 aliphatic heterocycles. The molecule has 0 fully saturated rings. The molecule has 6 nitrogen and oxygen atoms in total. The molecule has 0 saturated carbocycles. The lowest BCUT2D eigenvalue weighted by molar-refractivity contribution is 0.474. The monoisotopic (exact) mass is 231 g/mol. The fourth-order valence-corrected chi connectivity index (χ4v) is 3.83. The Morgan fingerprint density at radius 1 is 1.31 bits per heavy atom. The molecule has 0 amide bonds. The lowest BCUT2D eigenvalue weighted by Gasteiger charge is -2.12. The van der Waals surface area contributed by atoms with E-state index in [0.717, 1.165) is 0 Å². The topological polar surface area (TPSA) is 101 Å². The molecule has 0 aromatic rings. The molecule has 0 heterocycles. The zero-order chi connectivity index (χ0) is 10.7. The van der Waals surface area contributed by atoms with Crippen LogP contribution in [0.25, 0.3) is 0 Å². The molecule has 0 saturated heterocycles. The van der Waals surface area contributed by atoms with Crippen molar-refractivity contribution >= 4 is 20.0 Å². The van der Waals surface area contributed by atoms with E-state index in [9.17, 15) is 16.8 Å². The number of rotatable bonds is 5. The number of sulfone groups is 1. The maximum Gasteiger partial charge on any atom is 0.283 e. The van der Waals surface area contributed by atoms with E-state index in [4.69, 9.17) is 4.55 Å². The summed E-state index contributed by atoms with van der Waals surface area (Å²) in [5.41, 5.74) is 0. The van der Waals surface area contributed by atoms with Gasteiger partial charge in [-0.05, 0) is 7.05 Å². The van der Waals surface area contributed by atoms with E-state index in [1.54, 1.807) is 0 Å². The Balaban J connectivity index is 5.07. The molecule has 2 N–H and O–H groups in total. The van der Waals surface area contributed by atoms with E-state index in [0.29, 0.717) is 0 Å². The summed E-state index contributed by atoms with van der Waals surface area (Å²) in [5, 5.41) is 2.40. The molecule has 80 valence electrons. The third-order valence-electron chi connectivity index (χ3n) is 1.51. The zero-order valence-corrected chi connectivity index (χ0v) is 9.02. The van der Waals surface area contributed by atoms with Crippen LogP contribution in [0.2, 0.25) is 0 Å². The van der Waals surface area contributed by atoms with Crippen LogP contribution in [0.1, 0.15) is 6.92 Å². The molecule has 13 heavy (non-hydrogen) atoms. The quantitative estimate of drug-likeness (QED) is 0.580. The van der Waals surface area contributed by atoms with Crippen LogP contribution >= 0.6 is 0 Å². The van der Waals surface area contributed by atoms with Crippen molar-refractivity contribution in [3.63, 3.8) is 0 Å². The van der Waals surface area contributed by atoms with Crippen LogP contribution in [-0.2, 0) is 20.0 Å². The summed E-state index contributed by atoms with van der Waals surface area (Å²) < 4.78 is 50.5. The highest BCUT2D eigenvalue weighted by Gasteiger charge is 2.34. The SMILES string of the molecule is CCS(=O)(=O)C(CNC)S(=O)(=O)O. The Bertz CT molecular complexity index is 343. The van der Waals surface area contributed by atoms with Gasteiger partial charge in [0, 0.05) is 12.3 Å². The maximum atomic E-state index is 11.2. The van der Waals surface area contributed by atoms with Gasteiger partial charge in [-0.15, -0.1) is 0 Å². The summed E-state index contributed by atoms with van der Waals surface area (Å²) in [6.45, 7) is 1.01. The first-order valence-corrected chi connectivity index (χ1v) is 6.80. The van der Waals surface area contributed by atoms with E-state index < -0.39 is 24.5 Å². The molecular weight excluding hydrogens is 218 g/mol. The average molecular weight is 231 g/mol. The standard InChI is InChI=1S/C5H13NO5S2/c1-3-12(7,8)5(4-6-2)13(9,10)11/h5-6H,3-4H2,1-2H3,(H,9,10,11). The van der Waals surface area contributed by atoms with Crippen molar-refractivity contribution in [2.45, 2.75) is 11.5 Å². The van der Waals surface area contributed by atoms with Crippen molar-refractivity contribution in [2.75, 3.05) is 19.3 Å². The molecule has 1 atom stereocenters. The van der Waals surface area contributed by atoms with Gasteiger partial charge in [0.05, 0.1) is 0 Å². The summed E-state index contributed by atoms with van der Waals surface area (Å²) in [4.78, 5) is 0. The Morgan fingerprint density at radius 3 is 2.00 bits per heavy atom. The Morgan fingerprint density at radius 2 is 1.77 bits per heavy atom. The largest absolute Gasteiger partial charge is 0.317 e. The number of hydrogen-bond acceptors (Lipinski definition) is 5. The second-order valence-corrected chi connectivity index (χ2v) is 6.82. The summed E-state index contributed by atoms with van der Waals surface area (Å²) in [5.74, 6) is -0.320. The van der Waals surface area contributed by atoms with Gasteiger partial charge in [-0.1, -0.05) is 6.92 Å². The van der Waals surface area contributed by atoms with Gasteiger partial charge in [0.15, 0.2) is 14.4 Å². The van der Waals surface area contributed by atoms with Crippen LogP contribution in [0.4, 0.5) is 0 Å². The Labute approximate surface area is 78.0 Å². The van der Waals surface area contributed by atoms with Crippen LogP contribution in [0.15, 0.2) is 0 Å². The fraction of sp³-hybridized carbons (Fsp3) is 1.00. The fourth-order valence-electron chi connectivity index (χ4n) is 0.770. The van der Waals surface area contributed by atoms with Gasteiger partial charge in [0.2, 0.25) is 0 Å². The third-order valence-corrected chi connectivity index (χ3v) is 5.72. The highest BCUT2D eigenvalue weighted by atomic mass is 32.3. The van der Waals surface area contributed by atoms with E-state index >= 15 is 0 Å². The van der Waals surface area contributed by atoms with Gasteiger partial charge in [0.1, 0.15) is 0 Å². The molecule has 0 bridgehead atoms. The molecule has 0 radical (unpaired) electrons. The van der Waals surface area contributed by atoms with Crippen LogP contribution in [0, 0.1) is 0 Å². The first-order valence-electron chi connectivity index (χ1n) is 3.58. The second kappa shape index (κ2) is 4.36. The molecular formula is C5H13NO5S2. The molecule has 0 aromatic carbocycles. The molecule has 0 aliphatic carbocycles. The van der Waals surface area contributed by atoms with Crippen molar-refractivity contribution in [1.29, 1.82) is 0 Å². The minimum absolute atomic E-state index is 0.311. The summed E-state index contributed by atoms with van der Waals surface area (Å²) in [6, 6.07) is 0. The number of nitrogens with one attached hydrogen (secondary N) is 1. The van der Waals surface area contributed by atoms with Gasteiger partial charge in [-0.25, -0.2) is 8.42 Å². The Hall–Kier alpha value is -0.180. The third kappa shape index (κ3) is 3.59. The van der Waals surface area contributed by atoms with Crippen LogP contribution in [0.5, 0.6) is 0 Å². The molecule has 0 spiro atoms. The molecule has 0 aliphatic rings. The second-order valence-electron chi connectivity index (χ2n) is 2.45. The predicted octanol–water partition coefficient (Wildman–Crippen LogP) is -1.15. The van der Waals surface area contributed by atoms with E-state index in [-0.39, 0.29) is 12.3 Å². The van der Waals surface area contributed by atoms with Gasteiger partial charge >= 0.3 is 0 Å². The first-order chi connectivity index (χ1) is 5.75. The van der Waals surface area contributed by atoms with Crippen molar-refractivity contribution in [1.82, 2.24) is 5.32 Å². The molecule has 1 unspecified atom stereocenters. The van der Waals surface area contributed by atoms with E-state index in [1.165, 1.54) is 14.0 Å². The summed E-state index contributed by atoms with van der Waals surface area (Å²) in [6.07, 6.45) is 0. The van der Waals surface area contributed by atoms with Crippen molar-refractivity contribution < 1.29 is 21.4 Å². The summed E-state index contributed by atoms with van der Waals surface area (Å²) >= 11 is 0. The van der Waals surface area contributed by atoms with Crippen LogP contribution < -0.4 is 5.32 Å². The van der Waals surface area contributed by atoms with Gasteiger partial charge in [0.25, 0.3) is 10.1 Å². The van der Waals surface area contributed by atoms with E-state index in [2.05, 4.69) is 5.32 Å².